The normalized spacial score (nSPS) is 18.1. The minimum atomic E-state index is -0.457. The smallest absolute Gasteiger partial charge is 0.273 e. The van der Waals surface area contributed by atoms with E-state index in [1.165, 1.54) is 25.9 Å². The number of likely N-dealkylation sites (tertiary alicyclic amines) is 1. The van der Waals surface area contributed by atoms with Crippen molar-refractivity contribution in [3.8, 4) is 0 Å². The Hall–Kier alpha value is -2.48. The number of amides is 2. The van der Waals surface area contributed by atoms with Gasteiger partial charge in [-0.15, -0.1) is 0 Å². The molecule has 29 heavy (non-hydrogen) atoms. The largest absolute Gasteiger partial charge is 0.373 e. The Kier molecular flexibility index (Phi) is 9.05. The van der Waals surface area contributed by atoms with Gasteiger partial charge in [-0.05, 0) is 50.9 Å². The molecule has 3 heterocycles. The number of rotatable bonds is 6. The lowest BCUT2D eigenvalue weighted by atomic mass is 10.0. The maximum absolute atomic E-state index is 12.0. The van der Waals surface area contributed by atoms with Crippen LogP contribution in [0.2, 0.25) is 0 Å². The minimum Gasteiger partial charge on any atom is -0.373 e. The van der Waals surface area contributed by atoms with Crippen LogP contribution >= 0.6 is 0 Å². The number of carbonyl (C=O) groups is 2. The summed E-state index contributed by atoms with van der Waals surface area (Å²) in [6.07, 6.45) is 8.68. The van der Waals surface area contributed by atoms with Crippen molar-refractivity contribution in [1.29, 1.82) is 0 Å². The van der Waals surface area contributed by atoms with Crippen LogP contribution in [-0.2, 0) is 9.59 Å². The first-order valence-electron chi connectivity index (χ1n) is 10.5. The van der Waals surface area contributed by atoms with Crippen LogP contribution in [0, 0.1) is 0 Å². The monoisotopic (exact) mass is 402 g/mol. The van der Waals surface area contributed by atoms with Crippen LogP contribution in [-0.4, -0.2) is 78.4 Å². The lowest BCUT2D eigenvalue weighted by Crippen LogP contribution is -2.44. The predicted octanol–water partition coefficient (Wildman–Crippen LogP) is 1.74. The number of nitrogens with zero attached hydrogens (tertiary/aromatic N) is 5. The second-order valence-electron chi connectivity index (χ2n) is 7.26. The summed E-state index contributed by atoms with van der Waals surface area (Å²) in [5, 5.41) is 2.17. The molecule has 3 rings (SSSR count). The summed E-state index contributed by atoms with van der Waals surface area (Å²) >= 11 is 0. The number of aromatic nitrogens is 2. The average Bonchev–Trinajstić information content (AvgIpc) is 3.29. The highest BCUT2D eigenvalue weighted by Gasteiger charge is 2.27. The summed E-state index contributed by atoms with van der Waals surface area (Å²) in [7, 11) is 3.50. The molecule has 2 saturated heterocycles. The van der Waals surface area contributed by atoms with Crippen LogP contribution in [0.5, 0.6) is 0 Å². The maximum atomic E-state index is 12.0. The van der Waals surface area contributed by atoms with Crippen molar-refractivity contribution < 1.29 is 9.59 Å². The van der Waals surface area contributed by atoms with Gasteiger partial charge in [-0.25, -0.2) is 9.97 Å². The third-order valence-corrected chi connectivity index (χ3v) is 5.26. The molecule has 1 aromatic rings. The Morgan fingerprint density at radius 2 is 1.83 bits per heavy atom. The van der Waals surface area contributed by atoms with Gasteiger partial charge in [0, 0.05) is 39.4 Å². The van der Waals surface area contributed by atoms with Gasteiger partial charge in [-0.2, -0.15) is 0 Å². The number of piperidine rings is 1. The Balaban J connectivity index is 0.00000145. The fraction of sp³-hybridized carbons (Fsp3) is 0.619. The quantitative estimate of drug-likeness (QED) is 0.573. The molecule has 0 aliphatic carbocycles. The van der Waals surface area contributed by atoms with E-state index in [1.54, 1.807) is 37.3 Å². The van der Waals surface area contributed by atoms with Gasteiger partial charge in [0.25, 0.3) is 5.91 Å². The average molecular weight is 403 g/mol. The van der Waals surface area contributed by atoms with Crippen molar-refractivity contribution in [2.45, 2.75) is 45.6 Å². The van der Waals surface area contributed by atoms with E-state index in [9.17, 15) is 9.59 Å². The highest BCUT2D eigenvalue weighted by Crippen LogP contribution is 2.23. The first-order valence-corrected chi connectivity index (χ1v) is 10.5. The molecule has 2 aliphatic rings. The van der Waals surface area contributed by atoms with Gasteiger partial charge in [0.15, 0.2) is 0 Å². The zero-order chi connectivity index (χ0) is 21.2. The van der Waals surface area contributed by atoms with Crippen LogP contribution in [0.15, 0.2) is 18.0 Å². The Morgan fingerprint density at radius 1 is 1.17 bits per heavy atom. The highest BCUT2D eigenvalue weighted by molar-refractivity contribution is 6.01. The van der Waals surface area contributed by atoms with E-state index in [0.717, 1.165) is 25.9 Å². The number of hydrogen-bond acceptors (Lipinski definition) is 7. The third kappa shape index (κ3) is 6.25. The van der Waals surface area contributed by atoms with Crippen molar-refractivity contribution in [1.82, 2.24) is 25.1 Å². The molecule has 2 aliphatic heterocycles. The van der Waals surface area contributed by atoms with E-state index < -0.39 is 5.91 Å². The number of carbonyl (C=O) groups excluding carboxylic acids is 2. The van der Waals surface area contributed by atoms with E-state index in [1.807, 2.05) is 13.8 Å². The molecule has 0 unspecified atom stereocenters. The topological polar surface area (TPSA) is 81.7 Å². The van der Waals surface area contributed by atoms with E-state index in [2.05, 4.69) is 25.1 Å². The first kappa shape index (κ1) is 22.8. The number of hydrogen-bond donors (Lipinski definition) is 1. The Bertz CT molecular complexity index is 692. The highest BCUT2D eigenvalue weighted by atomic mass is 16.2. The molecule has 8 nitrogen and oxygen atoms in total. The van der Waals surface area contributed by atoms with E-state index in [-0.39, 0.29) is 0 Å². The van der Waals surface area contributed by atoms with Crippen LogP contribution < -0.4 is 10.2 Å². The molecule has 0 aromatic carbocycles. The Labute approximate surface area is 174 Å². The lowest BCUT2D eigenvalue weighted by molar-refractivity contribution is -0.123. The molecule has 0 bridgehead atoms. The van der Waals surface area contributed by atoms with Gasteiger partial charge in [0.2, 0.25) is 12.4 Å². The third-order valence-electron chi connectivity index (χ3n) is 5.26. The molecule has 0 atom stereocenters. The molecule has 0 saturated carbocycles. The van der Waals surface area contributed by atoms with Crippen molar-refractivity contribution in [2.24, 2.45) is 0 Å². The number of anilines is 1. The lowest BCUT2D eigenvalue weighted by Gasteiger charge is -2.36. The van der Waals surface area contributed by atoms with E-state index >= 15 is 0 Å². The van der Waals surface area contributed by atoms with Crippen molar-refractivity contribution >= 4 is 24.3 Å². The predicted molar refractivity (Wildman–Crippen MR) is 115 cm³/mol. The summed E-state index contributed by atoms with van der Waals surface area (Å²) in [6.45, 7) is 8.36. The summed E-state index contributed by atoms with van der Waals surface area (Å²) < 4.78 is 0. The van der Waals surface area contributed by atoms with Crippen LogP contribution in [0.1, 0.15) is 45.2 Å². The molecule has 1 N–H and O–H groups in total. The summed E-state index contributed by atoms with van der Waals surface area (Å²) in [4.78, 5) is 38.1. The maximum Gasteiger partial charge on any atom is 0.273 e. The summed E-state index contributed by atoms with van der Waals surface area (Å²) in [5.41, 5.74) is 1.01. The second kappa shape index (κ2) is 11.5. The Morgan fingerprint density at radius 3 is 2.41 bits per heavy atom. The van der Waals surface area contributed by atoms with Gasteiger partial charge in [0.05, 0.1) is 5.69 Å². The minimum absolute atomic E-state index is 0.361. The number of nitrogens with one attached hydrogen (secondary N) is 1. The van der Waals surface area contributed by atoms with Crippen LogP contribution in [0.4, 0.5) is 5.95 Å². The van der Waals surface area contributed by atoms with Crippen molar-refractivity contribution in [2.75, 3.05) is 45.2 Å². The molecule has 2 amide bonds. The second-order valence-corrected chi connectivity index (χ2v) is 7.26. The molecule has 160 valence electrons. The van der Waals surface area contributed by atoms with Crippen LogP contribution in [0.3, 0.4) is 0 Å². The molecule has 1 aromatic heterocycles. The molecule has 2 fully saturated rings. The fourth-order valence-corrected chi connectivity index (χ4v) is 3.80. The van der Waals surface area contributed by atoms with Crippen molar-refractivity contribution in [3.63, 3.8) is 0 Å². The van der Waals surface area contributed by atoms with Crippen LogP contribution in [0.25, 0.3) is 6.08 Å². The van der Waals surface area contributed by atoms with Crippen molar-refractivity contribution in [3.05, 3.63) is 23.7 Å². The standard InChI is InChI=1S/C19H28N6O2.C2H6/c1-23(2)17(18(27)21-14-26)13-15-5-8-20-19(22-15)25-11-6-16(7-12-25)24-9-3-4-10-24;1-2/h5,8,13-14,16H,3-4,6-7,9-12H2,1-2H3,(H,21,26,27);1-2H3/b17-13-;. The first-order chi connectivity index (χ1) is 14.1. The molecular formula is C21H34N6O2. The molecular weight excluding hydrogens is 368 g/mol. The fourth-order valence-electron chi connectivity index (χ4n) is 3.80. The molecule has 8 heteroatoms. The summed E-state index contributed by atoms with van der Waals surface area (Å²) in [6, 6.07) is 2.44. The zero-order valence-electron chi connectivity index (χ0n) is 18.1. The van der Waals surface area contributed by atoms with Gasteiger partial charge < -0.3 is 14.7 Å². The zero-order valence-corrected chi connectivity index (χ0v) is 18.1. The van der Waals surface area contributed by atoms with Gasteiger partial charge in [0.1, 0.15) is 5.70 Å². The summed E-state index contributed by atoms with van der Waals surface area (Å²) in [5.74, 6) is 0.235. The van der Waals surface area contributed by atoms with Gasteiger partial charge in [-0.1, -0.05) is 13.8 Å². The molecule has 0 radical (unpaired) electrons. The number of imide groups is 1. The van der Waals surface area contributed by atoms with Gasteiger partial charge in [-0.3, -0.25) is 14.9 Å². The molecule has 0 spiro atoms. The van der Waals surface area contributed by atoms with E-state index in [4.69, 9.17) is 0 Å². The van der Waals surface area contributed by atoms with Gasteiger partial charge >= 0.3 is 0 Å². The number of likely N-dealkylation sites (N-methyl/N-ethyl adjacent to an activating group) is 1. The van der Waals surface area contributed by atoms with E-state index in [0.29, 0.717) is 29.8 Å². The SMILES string of the molecule is CC.CN(C)/C(=C\c1ccnc(N2CCC(N3CCCC3)CC2)n1)C(=O)NC=O.